The maximum Gasteiger partial charge on any atom is 0.320 e. The van der Waals surface area contributed by atoms with E-state index in [2.05, 4.69) is 5.32 Å². The zero-order valence-corrected chi connectivity index (χ0v) is 16.2. The zero-order chi connectivity index (χ0) is 19.4. The van der Waals surface area contributed by atoms with Crippen LogP contribution in [0.15, 0.2) is 12.1 Å². The highest BCUT2D eigenvalue weighted by Crippen LogP contribution is 2.28. The van der Waals surface area contributed by atoms with Gasteiger partial charge in [0.25, 0.3) is 0 Å². The van der Waals surface area contributed by atoms with E-state index >= 15 is 0 Å². The molecular weight excluding hydrogens is 344 g/mol. The molecule has 0 aromatic heterocycles. The van der Waals surface area contributed by atoms with Crippen LogP contribution in [0.25, 0.3) is 0 Å². The van der Waals surface area contributed by atoms with Crippen LogP contribution in [0.4, 0.5) is 5.69 Å². The normalized spacial score (nSPS) is 14.2. The molecule has 0 aliphatic carbocycles. The minimum atomic E-state index is -3.60. The quantitative estimate of drug-likeness (QED) is 0.601. The first-order chi connectivity index (χ1) is 11.5. The smallest absolute Gasteiger partial charge is 0.320 e. The Labute approximate surface area is 149 Å². The van der Waals surface area contributed by atoms with E-state index in [9.17, 15) is 18.3 Å². The molecule has 0 spiro atoms. The fourth-order valence-electron chi connectivity index (χ4n) is 2.90. The number of sulfonamides is 1. The summed E-state index contributed by atoms with van der Waals surface area (Å²) in [5.41, 5.74) is 3.19. The van der Waals surface area contributed by atoms with E-state index in [4.69, 9.17) is 5.11 Å². The standard InChI is InChI=1S/C17H28N2O5S/c1-6-15(17(21)22)18-9-14(20)10-19(25(5,23)24)16-12(3)7-11(2)8-13(16)4/h7-8,14-15,18,20H,6,9-10H2,1-5H3,(H,21,22)/t14-,15-/m0/s1. The van der Waals surface area contributed by atoms with Gasteiger partial charge < -0.3 is 15.5 Å². The number of carboxylic acids is 1. The van der Waals surface area contributed by atoms with Crippen molar-refractivity contribution in [3.05, 3.63) is 28.8 Å². The van der Waals surface area contributed by atoms with Crippen LogP contribution in [0, 0.1) is 20.8 Å². The summed E-state index contributed by atoms with van der Waals surface area (Å²) in [7, 11) is -3.60. The van der Waals surface area contributed by atoms with Crippen molar-refractivity contribution in [2.45, 2.75) is 46.3 Å². The topological polar surface area (TPSA) is 107 Å². The minimum Gasteiger partial charge on any atom is -0.480 e. The number of carbonyl (C=O) groups is 1. The summed E-state index contributed by atoms with van der Waals surface area (Å²) in [6, 6.07) is 3.01. The predicted octanol–water partition coefficient (Wildman–Crippen LogP) is 1.19. The Morgan fingerprint density at radius 2 is 1.76 bits per heavy atom. The van der Waals surface area contributed by atoms with Gasteiger partial charge in [0.1, 0.15) is 6.04 Å². The fourth-order valence-corrected chi connectivity index (χ4v) is 3.96. The van der Waals surface area contributed by atoms with Gasteiger partial charge in [-0.2, -0.15) is 0 Å². The summed E-state index contributed by atoms with van der Waals surface area (Å²) in [6.45, 7) is 7.16. The summed E-state index contributed by atoms with van der Waals surface area (Å²) < 4.78 is 25.7. The monoisotopic (exact) mass is 372 g/mol. The summed E-state index contributed by atoms with van der Waals surface area (Å²) in [5, 5.41) is 22.0. The van der Waals surface area contributed by atoms with Gasteiger partial charge in [0.05, 0.1) is 24.6 Å². The summed E-state index contributed by atoms with van der Waals surface area (Å²) in [6.07, 6.45) is 0.426. The van der Waals surface area contributed by atoms with Gasteiger partial charge in [-0.15, -0.1) is 0 Å². The number of hydrogen-bond acceptors (Lipinski definition) is 5. The molecule has 0 unspecified atom stereocenters. The van der Waals surface area contributed by atoms with Gasteiger partial charge >= 0.3 is 5.97 Å². The molecule has 142 valence electrons. The summed E-state index contributed by atoms with van der Waals surface area (Å²) in [5.74, 6) is -1.00. The van der Waals surface area contributed by atoms with Crippen LogP contribution in [-0.4, -0.2) is 56.1 Å². The molecule has 0 aliphatic rings. The van der Waals surface area contributed by atoms with Crippen molar-refractivity contribution in [2.75, 3.05) is 23.7 Å². The van der Waals surface area contributed by atoms with E-state index < -0.39 is 28.1 Å². The molecule has 0 aliphatic heterocycles. The molecule has 25 heavy (non-hydrogen) atoms. The highest BCUT2D eigenvalue weighted by molar-refractivity contribution is 7.92. The predicted molar refractivity (Wildman–Crippen MR) is 98.6 cm³/mol. The molecular formula is C17H28N2O5S. The molecule has 2 atom stereocenters. The molecule has 0 heterocycles. The lowest BCUT2D eigenvalue weighted by atomic mass is 10.0. The lowest BCUT2D eigenvalue weighted by molar-refractivity contribution is -0.139. The van der Waals surface area contributed by atoms with E-state index in [1.807, 2.05) is 32.9 Å². The molecule has 8 heteroatoms. The van der Waals surface area contributed by atoms with E-state index in [1.54, 1.807) is 6.92 Å². The molecule has 0 saturated carbocycles. The summed E-state index contributed by atoms with van der Waals surface area (Å²) in [4.78, 5) is 11.0. The van der Waals surface area contributed by atoms with Crippen molar-refractivity contribution in [3.63, 3.8) is 0 Å². The lowest BCUT2D eigenvalue weighted by Gasteiger charge is -2.29. The van der Waals surface area contributed by atoms with E-state index in [-0.39, 0.29) is 13.1 Å². The number of aryl methyl sites for hydroxylation is 3. The molecule has 3 N–H and O–H groups in total. The number of benzene rings is 1. The first kappa shape index (κ1) is 21.4. The van der Waals surface area contributed by atoms with Crippen LogP contribution in [-0.2, 0) is 14.8 Å². The van der Waals surface area contributed by atoms with Gasteiger partial charge in [-0.05, 0) is 38.3 Å². The Morgan fingerprint density at radius 1 is 1.24 bits per heavy atom. The summed E-state index contributed by atoms with van der Waals surface area (Å²) >= 11 is 0. The van der Waals surface area contributed by atoms with Crippen LogP contribution in [0.2, 0.25) is 0 Å². The number of aliphatic hydroxyl groups is 1. The second kappa shape index (κ2) is 8.64. The number of aliphatic hydroxyl groups excluding tert-OH is 1. The van der Waals surface area contributed by atoms with Crippen LogP contribution < -0.4 is 9.62 Å². The number of anilines is 1. The molecule has 0 fully saturated rings. The lowest BCUT2D eigenvalue weighted by Crippen LogP contribution is -2.45. The van der Waals surface area contributed by atoms with Crippen molar-refractivity contribution in [1.82, 2.24) is 5.32 Å². The number of nitrogens with zero attached hydrogens (tertiary/aromatic N) is 1. The number of rotatable bonds is 9. The van der Waals surface area contributed by atoms with Gasteiger partial charge in [-0.25, -0.2) is 8.42 Å². The molecule has 1 aromatic rings. The third-order valence-corrected chi connectivity index (χ3v) is 5.10. The van der Waals surface area contributed by atoms with Gasteiger partial charge in [0.2, 0.25) is 10.0 Å². The Kier molecular flexibility index (Phi) is 7.40. The molecule has 1 rings (SSSR count). The molecule has 7 nitrogen and oxygen atoms in total. The van der Waals surface area contributed by atoms with Crippen LogP contribution in [0.3, 0.4) is 0 Å². The van der Waals surface area contributed by atoms with Gasteiger partial charge in [-0.3, -0.25) is 9.10 Å². The molecule has 0 saturated heterocycles. The number of nitrogens with one attached hydrogen (secondary N) is 1. The SMILES string of the molecule is CC[C@H](NC[C@H](O)CN(c1c(C)cc(C)cc1C)S(C)(=O)=O)C(=O)O. The third-order valence-electron chi connectivity index (χ3n) is 3.97. The van der Waals surface area contributed by atoms with Crippen LogP contribution >= 0.6 is 0 Å². The van der Waals surface area contributed by atoms with E-state index in [0.717, 1.165) is 22.9 Å². The van der Waals surface area contributed by atoms with Crippen molar-refractivity contribution in [3.8, 4) is 0 Å². The average molecular weight is 372 g/mol. The van der Waals surface area contributed by atoms with Crippen LogP contribution in [0.1, 0.15) is 30.0 Å². The van der Waals surface area contributed by atoms with Crippen molar-refractivity contribution in [1.29, 1.82) is 0 Å². The third kappa shape index (κ3) is 5.98. The second-order valence-electron chi connectivity index (χ2n) is 6.40. The number of hydrogen-bond donors (Lipinski definition) is 3. The molecule has 1 aromatic carbocycles. The Hall–Kier alpha value is -1.64. The molecule has 0 radical (unpaired) electrons. The Morgan fingerprint density at radius 3 is 2.16 bits per heavy atom. The average Bonchev–Trinajstić information content (AvgIpc) is 2.44. The van der Waals surface area contributed by atoms with Gasteiger partial charge in [-0.1, -0.05) is 24.6 Å². The van der Waals surface area contributed by atoms with Crippen LogP contribution in [0.5, 0.6) is 0 Å². The zero-order valence-electron chi connectivity index (χ0n) is 15.4. The second-order valence-corrected chi connectivity index (χ2v) is 8.31. The van der Waals surface area contributed by atoms with Crippen molar-refractivity contribution < 1.29 is 23.4 Å². The minimum absolute atomic E-state index is 0.0131. The maximum absolute atomic E-state index is 12.3. The van der Waals surface area contributed by atoms with Crippen molar-refractivity contribution >= 4 is 21.7 Å². The van der Waals surface area contributed by atoms with Crippen molar-refractivity contribution in [2.24, 2.45) is 0 Å². The number of carboxylic acid groups (broad SMARTS) is 1. The van der Waals surface area contributed by atoms with E-state index in [1.165, 1.54) is 4.31 Å². The largest absolute Gasteiger partial charge is 0.480 e. The first-order valence-electron chi connectivity index (χ1n) is 8.17. The highest BCUT2D eigenvalue weighted by Gasteiger charge is 2.25. The first-order valence-corrected chi connectivity index (χ1v) is 10.0. The maximum atomic E-state index is 12.3. The van der Waals surface area contributed by atoms with E-state index in [0.29, 0.717) is 12.1 Å². The fraction of sp³-hybridized carbons (Fsp3) is 0.588. The highest BCUT2D eigenvalue weighted by atomic mass is 32.2. The molecule has 0 amide bonds. The Bertz CT molecular complexity index is 695. The molecule has 0 bridgehead atoms. The van der Waals surface area contributed by atoms with Gasteiger partial charge in [0.15, 0.2) is 0 Å². The number of aliphatic carboxylic acids is 1. The Balaban J connectivity index is 3.01. The van der Waals surface area contributed by atoms with Gasteiger partial charge in [0, 0.05) is 6.54 Å².